The number of hydrogen-bond donors (Lipinski definition) is 0. The van der Waals surface area contributed by atoms with E-state index in [0.29, 0.717) is 37.0 Å². The molecule has 0 unspecified atom stereocenters. The van der Waals surface area contributed by atoms with Crippen molar-refractivity contribution in [1.29, 1.82) is 0 Å². The van der Waals surface area contributed by atoms with Gasteiger partial charge in [0.05, 0.1) is 36.8 Å². The molecule has 1 aromatic carbocycles. The van der Waals surface area contributed by atoms with Crippen LogP contribution in [0.1, 0.15) is 15.9 Å². The highest BCUT2D eigenvalue weighted by molar-refractivity contribution is 7.20. The van der Waals surface area contributed by atoms with Crippen molar-refractivity contribution in [2.75, 3.05) is 21.3 Å². The maximum absolute atomic E-state index is 12.6. The quantitative estimate of drug-likeness (QED) is 0.756. The second-order valence-corrected chi connectivity index (χ2v) is 6.23. The smallest absolute Gasteiger partial charge is 0.204 e. The first kappa shape index (κ1) is 15.9. The molecule has 0 radical (unpaired) electrons. The Kier molecular flexibility index (Phi) is 4.98. The van der Waals surface area contributed by atoms with Gasteiger partial charge in [0.25, 0.3) is 0 Å². The Morgan fingerprint density at radius 1 is 1.00 bits per heavy atom. The van der Waals surface area contributed by atoms with Crippen molar-refractivity contribution >= 4 is 40.3 Å². The van der Waals surface area contributed by atoms with Gasteiger partial charge in [0.15, 0.2) is 17.3 Å². The fourth-order valence-electron chi connectivity index (χ4n) is 1.92. The average Bonchev–Trinajstić information content (AvgIpc) is 2.83. The Morgan fingerprint density at radius 2 is 1.67 bits per heavy atom. The molecular formula is C14H12Cl2O4S. The van der Waals surface area contributed by atoms with Crippen LogP contribution in [0.15, 0.2) is 18.2 Å². The van der Waals surface area contributed by atoms with E-state index in [2.05, 4.69) is 0 Å². The summed E-state index contributed by atoms with van der Waals surface area (Å²) in [5, 5.41) is 0. The summed E-state index contributed by atoms with van der Waals surface area (Å²) in [5.74, 6) is 0.824. The highest BCUT2D eigenvalue weighted by Crippen LogP contribution is 2.42. The van der Waals surface area contributed by atoms with Crippen molar-refractivity contribution in [2.24, 2.45) is 0 Å². The van der Waals surface area contributed by atoms with Gasteiger partial charge in [-0.15, -0.1) is 11.3 Å². The van der Waals surface area contributed by atoms with Crippen molar-refractivity contribution in [3.63, 3.8) is 0 Å². The zero-order valence-corrected chi connectivity index (χ0v) is 13.9. The van der Waals surface area contributed by atoms with Gasteiger partial charge in [0.1, 0.15) is 4.34 Å². The molecular weight excluding hydrogens is 335 g/mol. The number of carbonyl (C=O) groups is 1. The van der Waals surface area contributed by atoms with Gasteiger partial charge < -0.3 is 14.2 Å². The third-order valence-electron chi connectivity index (χ3n) is 2.85. The molecule has 2 aromatic rings. The number of methoxy groups -OCH3 is 3. The van der Waals surface area contributed by atoms with Crippen LogP contribution in [-0.4, -0.2) is 27.1 Å². The molecule has 4 nitrogen and oxygen atoms in total. The Balaban J connectivity index is 2.58. The molecule has 0 fully saturated rings. The van der Waals surface area contributed by atoms with Crippen LogP contribution in [0.3, 0.4) is 0 Å². The molecule has 0 N–H and O–H groups in total. The van der Waals surface area contributed by atoms with E-state index in [9.17, 15) is 4.79 Å². The van der Waals surface area contributed by atoms with Crippen molar-refractivity contribution < 1.29 is 19.0 Å². The van der Waals surface area contributed by atoms with Gasteiger partial charge in [-0.05, 0) is 18.2 Å². The second kappa shape index (κ2) is 6.56. The molecule has 0 spiro atoms. The lowest BCUT2D eigenvalue weighted by atomic mass is 10.0. The molecule has 1 heterocycles. The summed E-state index contributed by atoms with van der Waals surface area (Å²) in [5.41, 5.74) is 0.656. The number of halogens is 2. The van der Waals surface area contributed by atoms with Crippen LogP contribution in [0.5, 0.6) is 17.2 Å². The fourth-order valence-corrected chi connectivity index (χ4v) is 3.38. The predicted octanol–water partition coefficient (Wildman–Crippen LogP) is 4.31. The summed E-state index contributed by atoms with van der Waals surface area (Å²) >= 11 is 13.1. The van der Waals surface area contributed by atoms with E-state index in [1.165, 1.54) is 27.4 Å². The van der Waals surface area contributed by atoms with E-state index in [-0.39, 0.29) is 5.78 Å². The van der Waals surface area contributed by atoms with E-state index in [1.54, 1.807) is 12.1 Å². The molecule has 112 valence electrons. The van der Waals surface area contributed by atoms with Crippen LogP contribution in [0.4, 0.5) is 0 Å². The molecule has 2 rings (SSSR count). The number of ketones is 1. The maximum atomic E-state index is 12.6. The van der Waals surface area contributed by atoms with Gasteiger partial charge in [-0.2, -0.15) is 0 Å². The Labute approximate surface area is 136 Å². The number of rotatable bonds is 5. The minimum Gasteiger partial charge on any atom is -0.493 e. The molecule has 1 aromatic heterocycles. The van der Waals surface area contributed by atoms with Crippen LogP contribution >= 0.6 is 34.5 Å². The largest absolute Gasteiger partial charge is 0.493 e. The average molecular weight is 347 g/mol. The van der Waals surface area contributed by atoms with Gasteiger partial charge in [-0.25, -0.2) is 0 Å². The highest BCUT2D eigenvalue weighted by Gasteiger charge is 2.24. The summed E-state index contributed by atoms with van der Waals surface area (Å²) < 4.78 is 16.5. The van der Waals surface area contributed by atoms with E-state index < -0.39 is 0 Å². The van der Waals surface area contributed by atoms with Crippen molar-refractivity contribution in [2.45, 2.75) is 0 Å². The van der Waals surface area contributed by atoms with E-state index in [1.807, 2.05) is 0 Å². The molecule has 7 heteroatoms. The van der Waals surface area contributed by atoms with Gasteiger partial charge >= 0.3 is 0 Å². The first-order valence-electron chi connectivity index (χ1n) is 5.82. The lowest BCUT2D eigenvalue weighted by molar-refractivity contribution is 0.103. The number of ether oxygens (including phenoxy) is 3. The predicted molar refractivity (Wildman–Crippen MR) is 83.9 cm³/mol. The Bertz CT molecular complexity index is 682. The lowest BCUT2D eigenvalue weighted by Crippen LogP contribution is -2.05. The third-order valence-corrected chi connectivity index (χ3v) is 4.34. The molecule has 0 amide bonds. The van der Waals surface area contributed by atoms with Gasteiger partial charge in [-0.1, -0.05) is 23.2 Å². The van der Waals surface area contributed by atoms with Crippen molar-refractivity contribution in [3.8, 4) is 17.2 Å². The molecule has 0 atom stereocenters. The van der Waals surface area contributed by atoms with Crippen LogP contribution in [0.2, 0.25) is 8.67 Å². The van der Waals surface area contributed by atoms with Crippen LogP contribution < -0.4 is 14.2 Å². The van der Waals surface area contributed by atoms with E-state index in [0.717, 1.165) is 11.3 Å². The summed E-state index contributed by atoms with van der Waals surface area (Å²) in [6.07, 6.45) is 0. The maximum Gasteiger partial charge on any atom is 0.204 e. The Morgan fingerprint density at radius 3 is 2.14 bits per heavy atom. The molecule has 0 aliphatic heterocycles. The van der Waals surface area contributed by atoms with Gasteiger partial charge in [-0.3, -0.25) is 4.79 Å². The minimum absolute atomic E-state index is 0.291. The SMILES string of the molecule is COc1ccc(C(=O)c2cc(Cl)sc2Cl)c(OC)c1OC. The van der Waals surface area contributed by atoms with Gasteiger partial charge in [0.2, 0.25) is 5.75 Å². The topological polar surface area (TPSA) is 44.8 Å². The summed E-state index contributed by atoms with van der Waals surface area (Å²) in [6, 6.07) is 4.77. The standard InChI is InChI=1S/C14H12Cl2O4S/c1-18-9-5-4-7(12(19-2)13(9)20-3)11(17)8-6-10(15)21-14(8)16/h4-6H,1-3H3. The zero-order valence-electron chi connectivity index (χ0n) is 11.5. The third kappa shape index (κ3) is 2.95. The molecule has 0 saturated heterocycles. The summed E-state index contributed by atoms with van der Waals surface area (Å²) in [4.78, 5) is 12.6. The number of carbonyl (C=O) groups excluding carboxylic acids is 1. The normalized spacial score (nSPS) is 10.3. The van der Waals surface area contributed by atoms with Crippen molar-refractivity contribution in [1.82, 2.24) is 0 Å². The van der Waals surface area contributed by atoms with Crippen LogP contribution in [0, 0.1) is 0 Å². The van der Waals surface area contributed by atoms with Crippen molar-refractivity contribution in [3.05, 3.63) is 38.0 Å². The van der Waals surface area contributed by atoms with E-state index >= 15 is 0 Å². The lowest BCUT2D eigenvalue weighted by Gasteiger charge is -2.14. The van der Waals surface area contributed by atoms with Crippen LogP contribution in [-0.2, 0) is 0 Å². The number of hydrogen-bond acceptors (Lipinski definition) is 5. The van der Waals surface area contributed by atoms with E-state index in [4.69, 9.17) is 37.4 Å². The summed E-state index contributed by atoms with van der Waals surface area (Å²) in [6.45, 7) is 0. The van der Waals surface area contributed by atoms with Crippen LogP contribution in [0.25, 0.3) is 0 Å². The van der Waals surface area contributed by atoms with Gasteiger partial charge in [0, 0.05) is 0 Å². The molecule has 0 aliphatic rings. The molecule has 0 saturated carbocycles. The number of thiophene rings is 1. The highest BCUT2D eigenvalue weighted by atomic mass is 35.5. The Hall–Kier alpha value is -1.43. The first-order chi connectivity index (χ1) is 10.0. The number of benzene rings is 1. The summed E-state index contributed by atoms with van der Waals surface area (Å²) in [7, 11) is 4.44. The molecule has 0 bridgehead atoms. The first-order valence-corrected chi connectivity index (χ1v) is 7.39. The minimum atomic E-state index is -0.291. The molecule has 21 heavy (non-hydrogen) atoms. The molecule has 0 aliphatic carbocycles. The second-order valence-electron chi connectivity index (χ2n) is 3.95. The monoisotopic (exact) mass is 346 g/mol. The fraction of sp³-hybridized carbons (Fsp3) is 0.214. The zero-order chi connectivity index (χ0) is 15.6.